The molecule has 1 aliphatic heterocycles. The smallest absolute Gasteiger partial charge is 0.302 e. The molecule has 2 unspecified atom stereocenters. The van der Waals surface area contributed by atoms with Crippen LogP contribution >= 0.6 is 0 Å². The molecule has 1 heterocycles. The lowest BCUT2D eigenvalue weighted by molar-refractivity contribution is -0.156. The highest BCUT2D eigenvalue weighted by Crippen LogP contribution is 2.25. The topological polar surface area (TPSA) is 63.7 Å². The lowest BCUT2D eigenvalue weighted by atomic mass is 10.0. The Labute approximate surface area is 101 Å². The third-order valence-corrected chi connectivity index (χ3v) is 2.91. The van der Waals surface area contributed by atoms with Crippen LogP contribution in [0.5, 0.6) is 0 Å². The van der Waals surface area contributed by atoms with Gasteiger partial charge < -0.3 is 4.74 Å². The van der Waals surface area contributed by atoms with Crippen molar-refractivity contribution < 1.29 is 19.1 Å². The van der Waals surface area contributed by atoms with Crippen molar-refractivity contribution in [2.45, 2.75) is 58.6 Å². The van der Waals surface area contributed by atoms with Crippen LogP contribution in [0.15, 0.2) is 0 Å². The second-order valence-corrected chi connectivity index (χ2v) is 4.33. The molecular weight excluding hydrogens is 222 g/mol. The van der Waals surface area contributed by atoms with E-state index in [-0.39, 0.29) is 29.9 Å². The Kier molecular flexibility index (Phi) is 4.66. The van der Waals surface area contributed by atoms with Gasteiger partial charge in [-0.3, -0.25) is 19.3 Å². The predicted octanol–water partition coefficient (Wildman–Crippen LogP) is 1.26. The first kappa shape index (κ1) is 13.7. The number of ether oxygens (including phenoxy) is 1. The Bertz CT molecular complexity index is 326. The lowest BCUT2D eigenvalue weighted by Crippen LogP contribution is -2.45. The van der Waals surface area contributed by atoms with E-state index in [0.717, 1.165) is 6.42 Å². The summed E-state index contributed by atoms with van der Waals surface area (Å²) >= 11 is 0. The average molecular weight is 241 g/mol. The molecule has 2 atom stereocenters. The maximum Gasteiger partial charge on any atom is 0.302 e. The number of imide groups is 1. The molecular formula is C12H19NO4. The molecule has 96 valence electrons. The minimum Gasteiger partial charge on any atom is -0.460 e. The molecule has 0 aromatic heterocycles. The second kappa shape index (κ2) is 5.80. The number of amides is 2. The standard InChI is InChI=1S/C12H19NO4/c1-4-5-11(17-9(3)15)10-6-7-12(16)13(10)8(2)14/h10-11H,4-7H2,1-3H3. The number of rotatable bonds is 4. The van der Waals surface area contributed by atoms with Crippen LogP contribution in [0.1, 0.15) is 46.5 Å². The fourth-order valence-electron chi connectivity index (χ4n) is 2.29. The Morgan fingerprint density at radius 1 is 1.47 bits per heavy atom. The highest BCUT2D eigenvalue weighted by molar-refractivity contribution is 5.96. The highest BCUT2D eigenvalue weighted by atomic mass is 16.5. The fraction of sp³-hybridized carbons (Fsp3) is 0.750. The van der Waals surface area contributed by atoms with E-state index >= 15 is 0 Å². The summed E-state index contributed by atoms with van der Waals surface area (Å²) in [5.41, 5.74) is 0. The van der Waals surface area contributed by atoms with Crippen molar-refractivity contribution in [2.24, 2.45) is 0 Å². The van der Waals surface area contributed by atoms with Gasteiger partial charge in [-0.05, 0) is 12.8 Å². The first-order chi connectivity index (χ1) is 7.97. The van der Waals surface area contributed by atoms with E-state index in [4.69, 9.17) is 4.74 Å². The molecule has 2 amide bonds. The maximum atomic E-state index is 11.6. The van der Waals surface area contributed by atoms with Crippen LogP contribution in [0.2, 0.25) is 0 Å². The minimum absolute atomic E-state index is 0.171. The zero-order valence-electron chi connectivity index (χ0n) is 10.6. The molecule has 0 aromatic carbocycles. The van der Waals surface area contributed by atoms with Gasteiger partial charge >= 0.3 is 5.97 Å². The molecule has 1 saturated heterocycles. The molecule has 0 saturated carbocycles. The number of likely N-dealkylation sites (tertiary alicyclic amines) is 1. The summed E-state index contributed by atoms with van der Waals surface area (Å²) in [7, 11) is 0. The number of nitrogens with zero attached hydrogens (tertiary/aromatic N) is 1. The Balaban J connectivity index is 2.81. The Morgan fingerprint density at radius 2 is 2.12 bits per heavy atom. The monoisotopic (exact) mass is 241 g/mol. The summed E-state index contributed by atoms with van der Waals surface area (Å²) in [6.45, 7) is 4.69. The first-order valence-electron chi connectivity index (χ1n) is 5.97. The molecule has 0 aromatic rings. The molecule has 5 nitrogen and oxygen atoms in total. The van der Waals surface area contributed by atoms with E-state index in [1.807, 2.05) is 6.92 Å². The van der Waals surface area contributed by atoms with Crippen LogP contribution < -0.4 is 0 Å². The van der Waals surface area contributed by atoms with Crippen molar-refractivity contribution in [1.82, 2.24) is 4.90 Å². The van der Waals surface area contributed by atoms with Gasteiger partial charge in [-0.15, -0.1) is 0 Å². The summed E-state index contributed by atoms with van der Waals surface area (Å²) in [6.07, 6.45) is 2.07. The predicted molar refractivity (Wildman–Crippen MR) is 61.0 cm³/mol. The van der Waals surface area contributed by atoms with Gasteiger partial charge in [0.1, 0.15) is 6.10 Å². The normalized spacial score (nSPS) is 21.5. The van der Waals surface area contributed by atoms with E-state index < -0.39 is 0 Å². The Morgan fingerprint density at radius 3 is 2.59 bits per heavy atom. The molecule has 5 heteroatoms. The van der Waals surface area contributed by atoms with Crippen molar-refractivity contribution >= 4 is 17.8 Å². The first-order valence-corrected chi connectivity index (χ1v) is 5.97. The maximum absolute atomic E-state index is 11.6. The third-order valence-electron chi connectivity index (χ3n) is 2.91. The minimum atomic E-state index is -0.369. The van der Waals surface area contributed by atoms with Crippen LogP contribution in [0, 0.1) is 0 Å². The summed E-state index contributed by atoms with van der Waals surface area (Å²) < 4.78 is 5.22. The van der Waals surface area contributed by atoms with Crippen molar-refractivity contribution in [1.29, 1.82) is 0 Å². The van der Waals surface area contributed by atoms with Crippen molar-refractivity contribution in [3.63, 3.8) is 0 Å². The molecule has 1 aliphatic rings. The number of esters is 1. The summed E-state index contributed by atoms with van der Waals surface area (Å²) in [6, 6.07) is -0.288. The summed E-state index contributed by atoms with van der Waals surface area (Å²) in [4.78, 5) is 35.3. The van der Waals surface area contributed by atoms with Gasteiger partial charge in [0.25, 0.3) is 0 Å². The number of carbonyl (C=O) groups is 3. The van der Waals surface area contributed by atoms with Crippen LogP contribution in [0.3, 0.4) is 0 Å². The second-order valence-electron chi connectivity index (χ2n) is 4.33. The van der Waals surface area contributed by atoms with Crippen LogP contribution in [0.4, 0.5) is 0 Å². The molecule has 0 radical (unpaired) electrons. The zero-order valence-corrected chi connectivity index (χ0v) is 10.6. The van der Waals surface area contributed by atoms with E-state index in [1.165, 1.54) is 18.7 Å². The van der Waals surface area contributed by atoms with Gasteiger partial charge in [0.15, 0.2) is 0 Å². The van der Waals surface area contributed by atoms with Gasteiger partial charge in [0, 0.05) is 20.3 Å². The zero-order chi connectivity index (χ0) is 13.0. The third kappa shape index (κ3) is 3.28. The van der Waals surface area contributed by atoms with Gasteiger partial charge in [-0.25, -0.2) is 0 Å². The van der Waals surface area contributed by atoms with Gasteiger partial charge in [-0.2, -0.15) is 0 Å². The van der Waals surface area contributed by atoms with E-state index in [1.54, 1.807) is 0 Å². The van der Waals surface area contributed by atoms with E-state index in [0.29, 0.717) is 19.3 Å². The summed E-state index contributed by atoms with van der Waals surface area (Å²) in [5, 5.41) is 0. The molecule has 17 heavy (non-hydrogen) atoms. The largest absolute Gasteiger partial charge is 0.460 e. The van der Waals surface area contributed by atoms with E-state index in [2.05, 4.69) is 0 Å². The quantitative estimate of drug-likeness (QED) is 0.695. The molecule has 1 rings (SSSR count). The van der Waals surface area contributed by atoms with Gasteiger partial charge in [-0.1, -0.05) is 13.3 Å². The van der Waals surface area contributed by atoms with Crippen molar-refractivity contribution in [3.05, 3.63) is 0 Å². The van der Waals surface area contributed by atoms with E-state index in [9.17, 15) is 14.4 Å². The highest BCUT2D eigenvalue weighted by Gasteiger charge is 2.39. The molecule has 0 N–H and O–H groups in total. The number of carbonyl (C=O) groups excluding carboxylic acids is 3. The van der Waals surface area contributed by atoms with Crippen molar-refractivity contribution in [3.8, 4) is 0 Å². The number of hydrogen-bond donors (Lipinski definition) is 0. The Hall–Kier alpha value is -1.39. The SMILES string of the molecule is CCCC(OC(C)=O)C1CCC(=O)N1C(C)=O. The van der Waals surface area contributed by atoms with Crippen molar-refractivity contribution in [2.75, 3.05) is 0 Å². The number of hydrogen-bond acceptors (Lipinski definition) is 4. The van der Waals surface area contributed by atoms with Gasteiger partial charge in [0.05, 0.1) is 6.04 Å². The van der Waals surface area contributed by atoms with Crippen LogP contribution in [-0.4, -0.2) is 34.8 Å². The van der Waals surface area contributed by atoms with Crippen LogP contribution in [-0.2, 0) is 19.1 Å². The molecule has 0 aliphatic carbocycles. The molecule has 0 spiro atoms. The fourth-order valence-corrected chi connectivity index (χ4v) is 2.29. The molecule has 0 bridgehead atoms. The summed E-state index contributed by atoms with van der Waals surface area (Å²) in [5.74, 6) is -0.812. The van der Waals surface area contributed by atoms with Crippen LogP contribution in [0.25, 0.3) is 0 Å². The van der Waals surface area contributed by atoms with Gasteiger partial charge in [0.2, 0.25) is 11.8 Å². The lowest BCUT2D eigenvalue weighted by Gasteiger charge is -2.29. The average Bonchev–Trinajstić information content (AvgIpc) is 2.58. The molecule has 1 fully saturated rings.